The molecule has 1 atom stereocenters. The summed E-state index contributed by atoms with van der Waals surface area (Å²) in [5.41, 5.74) is 7.64. The molecule has 0 aromatic carbocycles. The predicted octanol–water partition coefficient (Wildman–Crippen LogP) is 2.88. The first kappa shape index (κ1) is 9.19. The van der Waals surface area contributed by atoms with Crippen molar-refractivity contribution >= 4 is 11.3 Å². The van der Waals surface area contributed by atoms with E-state index in [9.17, 15) is 0 Å². The molecule has 15 heavy (non-hydrogen) atoms. The van der Waals surface area contributed by atoms with Gasteiger partial charge in [-0.15, -0.1) is 11.3 Å². The first-order valence-corrected chi connectivity index (χ1v) is 6.07. The van der Waals surface area contributed by atoms with Crippen LogP contribution in [0.1, 0.15) is 33.5 Å². The Morgan fingerprint density at radius 3 is 3.07 bits per heavy atom. The van der Waals surface area contributed by atoms with Crippen molar-refractivity contribution in [2.75, 3.05) is 0 Å². The summed E-state index contributed by atoms with van der Waals surface area (Å²) in [6, 6.07) is 5.99. The third kappa shape index (κ3) is 1.52. The van der Waals surface area contributed by atoms with Crippen LogP contribution in [0.25, 0.3) is 0 Å². The SMILES string of the molecule is NC(c1ccco1)c1cc2c(s1)CCC2. The van der Waals surface area contributed by atoms with E-state index in [1.165, 1.54) is 34.6 Å². The Morgan fingerprint density at radius 1 is 1.40 bits per heavy atom. The van der Waals surface area contributed by atoms with E-state index < -0.39 is 0 Å². The maximum atomic E-state index is 6.14. The molecule has 2 N–H and O–H groups in total. The standard InChI is InChI=1S/C12H13NOS/c13-12(9-4-2-6-14-9)11-7-8-3-1-5-10(8)15-11/h2,4,6-7,12H,1,3,5,13H2. The average Bonchev–Trinajstić information content (AvgIpc) is 2.92. The zero-order chi connectivity index (χ0) is 10.3. The molecular formula is C12H13NOS. The lowest BCUT2D eigenvalue weighted by atomic mass is 10.1. The van der Waals surface area contributed by atoms with Gasteiger partial charge in [0.1, 0.15) is 5.76 Å². The van der Waals surface area contributed by atoms with Crippen LogP contribution in [0.4, 0.5) is 0 Å². The highest BCUT2D eigenvalue weighted by molar-refractivity contribution is 7.12. The molecule has 0 radical (unpaired) electrons. The summed E-state index contributed by atoms with van der Waals surface area (Å²) in [6.07, 6.45) is 5.43. The van der Waals surface area contributed by atoms with Crippen molar-refractivity contribution in [3.8, 4) is 0 Å². The zero-order valence-corrected chi connectivity index (χ0v) is 9.22. The van der Waals surface area contributed by atoms with Gasteiger partial charge in [-0.05, 0) is 43.0 Å². The van der Waals surface area contributed by atoms with Crippen molar-refractivity contribution in [1.82, 2.24) is 0 Å². The summed E-state index contributed by atoms with van der Waals surface area (Å²) in [5.74, 6) is 0.856. The van der Waals surface area contributed by atoms with Crippen LogP contribution in [0.5, 0.6) is 0 Å². The van der Waals surface area contributed by atoms with E-state index >= 15 is 0 Å². The summed E-state index contributed by atoms with van der Waals surface area (Å²) in [7, 11) is 0. The lowest BCUT2D eigenvalue weighted by molar-refractivity contribution is 0.492. The molecule has 78 valence electrons. The highest BCUT2D eigenvalue weighted by Crippen LogP contribution is 2.35. The second kappa shape index (κ2) is 3.51. The largest absolute Gasteiger partial charge is 0.467 e. The van der Waals surface area contributed by atoms with Crippen LogP contribution < -0.4 is 5.73 Å². The highest BCUT2D eigenvalue weighted by Gasteiger charge is 2.20. The molecule has 1 aliphatic rings. The maximum Gasteiger partial charge on any atom is 0.125 e. The number of furan rings is 1. The van der Waals surface area contributed by atoms with Gasteiger partial charge in [-0.3, -0.25) is 0 Å². The minimum atomic E-state index is -0.0874. The number of aryl methyl sites for hydroxylation is 2. The van der Waals surface area contributed by atoms with Crippen LogP contribution in [-0.4, -0.2) is 0 Å². The molecule has 0 bridgehead atoms. The molecule has 1 aliphatic carbocycles. The van der Waals surface area contributed by atoms with Gasteiger partial charge in [-0.2, -0.15) is 0 Å². The Hall–Kier alpha value is -1.06. The first-order valence-electron chi connectivity index (χ1n) is 5.25. The number of hydrogen-bond acceptors (Lipinski definition) is 3. The Kier molecular flexibility index (Phi) is 2.15. The van der Waals surface area contributed by atoms with E-state index in [0.29, 0.717) is 0 Å². The number of nitrogens with two attached hydrogens (primary N) is 1. The molecule has 2 heterocycles. The van der Waals surface area contributed by atoms with Crippen molar-refractivity contribution in [2.24, 2.45) is 5.73 Å². The predicted molar refractivity (Wildman–Crippen MR) is 61.1 cm³/mol. The summed E-state index contributed by atoms with van der Waals surface area (Å²) in [6.45, 7) is 0. The fourth-order valence-corrected chi connectivity index (χ4v) is 3.38. The summed E-state index contributed by atoms with van der Waals surface area (Å²) in [4.78, 5) is 2.75. The average molecular weight is 219 g/mol. The van der Waals surface area contributed by atoms with E-state index in [1.807, 2.05) is 23.5 Å². The minimum Gasteiger partial charge on any atom is -0.467 e. The summed E-state index contributed by atoms with van der Waals surface area (Å²) < 4.78 is 5.33. The monoisotopic (exact) mass is 219 g/mol. The molecule has 0 spiro atoms. The summed E-state index contributed by atoms with van der Waals surface area (Å²) in [5, 5.41) is 0. The minimum absolute atomic E-state index is 0.0874. The van der Waals surface area contributed by atoms with E-state index in [0.717, 1.165) is 5.76 Å². The Morgan fingerprint density at radius 2 is 2.33 bits per heavy atom. The van der Waals surface area contributed by atoms with E-state index in [2.05, 4.69) is 6.07 Å². The van der Waals surface area contributed by atoms with Crippen molar-refractivity contribution in [2.45, 2.75) is 25.3 Å². The quantitative estimate of drug-likeness (QED) is 0.843. The molecule has 0 saturated carbocycles. The smallest absolute Gasteiger partial charge is 0.125 e. The van der Waals surface area contributed by atoms with Crippen molar-refractivity contribution < 1.29 is 4.42 Å². The summed E-state index contributed by atoms with van der Waals surface area (Å²) >= 11 is 1.84. The third-order valence-electron chi connectivity index (χ3n) is 2.92. The lowest BCUT2D eigenvalue weighted by Gasteiger charge is -2.05. The number of thiophene rings is 1. The second-order valence-corrected chi connectivity index (χ2v) is 5.11. The molecular weight excluding hydrogens is 206 g/mol. The fraction of sp³-hybridized carbons (Fsp3) is 0.333. The van der Waals surface area contributed by atoms with Crippen LogP contribution in [0.2, 0.25) is 0 Å². The van der Waals surface area contributed by atoms with E-state index in [4.69, 9.17) is 10.2 Å². The van der Waals surface area contributed by atoms with Gasteiger partial charge in [0, 0.05) is 9.75 Å². The molecule has 0 fully saturated rings. The fourth-order valence-electron chi connectivity index (χ4n) is 2.11. The van der Waals surface area contributed by atoms with Gasteiger partial charge < -0.3 is 10.2 Å². The first-order chi connectivity index (χ1) is 7.34. The van der Waals surface area contributed by atoms with Crippen LogP contribution >= 0.6 is 11.3 Å². The van der Waals surface area contributed by atoms with Crippen molar-refractivity contribution in [3.63, 3.8) is 0 Å². The molecule has 3 heteroatoms. The van der Waals surface area contributed by atoms with Gasteiger partial charge in [0.25, 0.3) is 0 Å². The Labute approximate surface area is 92.7 Å². The number of hydrogen-bond donors (Lipinski definition) is 1. The van der Waals surface area contributed by atoms with Gasteiger partial charge in [-0.25, -0.2) is 0 Å². The van der Waals surface area contributed by atoms with Crippen LogP contribution in [0.15, 0.2) is 28.9 Å². The van der Waals surface area contributed by atoms with Gasteiger partial charge in [0.05, 0.1) is 12.3 Å². The van der Waals surface area contributed by atoms with Crippen LogP contribution in [0.3, 0.4) is 0 Å². The molecule has 0 saturated heterocycles. The normalized spacial score (nSPS) is 16.6. The van der Waals surface area contributed by atoms with Crippen molar-refractivity contribution in [1.29, 1.82) is 0 Å². The highest BCUT2D eigenvalue weighted by atomic mass is 32.1. The van der Waals surface area contributed by atoms with Gasteiger partial charge in [0.2, 0.25) is 0 Å². The van der Waals surface area contributed by atoms with Crippen molar-refractivity contribution in [3.05, 3.63) is 45.5 Å². The molecule has 3 rings (SSSR count). The van der Waals surface area contributed by atoms with E-state index in [1.54, 1.807) is 6.26 Å². The molecule has 2 aromatic heterocycles. The third-order valence-corrected chi connectivity index (χ3v) is 4.24. The molecule has 2 aromatic rings. The maximum absolute atomic E-state index is 6.14. The number of rotatable bonds is 2. The van der Waals surface area contributed by atoms with E-state index in [-0.39, 0.29) is 6.04 Å². The Bertz CT molecular complexity index is 436. The Balaban J connectivity index is 1.93. The topological polar surface area (TPSA) is 39.2 Å². The van der Waals surface area contributed by atoms with Gasteiger partial charge in [-0.1, -0.05) is 0 Å². The van der Waals surface area contributed by atoms with Gasteiger partial charge >= 0.3 is 0 Å². The molecule has 0 aliphatic heterocycles. The molecule has 2 nitrogen and oxygen atoms in total. The zero-order valence-electron chi connectivity index (χ0n) is 8.40. The van der Waals surface area contributed by atoms with Crippen LogP contribution in [0, 0.1) is 0 Å². The lowest BCUT2D eigenvalue weighted by Crippen LogP contribution is -2.08. The second-order valence-electron chi connectivity index (χ2n) is 3.94. The van der Waals surface area contributed by atoms with Gasteiger partial charge in [0.15, 0.2) is 0 Å². The molecule has 0 amide bonds. The molecule has 1 unspecified atom stereocenters. The van der Waals surface area contributed by atoms with Crippen LogP contribution in [-0.2, 0) is 12.8 Å². The number of fused-ring (bicyclic) bond motifs is 1.